The molecule has 0 bridgehead atoms. The molecule has 1 aromatic carbocycles. The number of anilines is 6. The van der Waals surface area contributed by atoms with Crippen LogP contribution in [0.1, 0.15) is 101 Å². The molecular formula is C53H61N17O11. The molecule has 424 valence electrons. The summed E-state index contributed by atoms with van der Waals surface area (Å²) < 4.78 is 14.1. The molecule has 0 aliphatic rings. The first-order chi connectivity index (χ1) is 38.5. The Labute approximate surface area is 463 Å². The van der Waals surface area contributed by atoms with Gasteiger partial charge in [-0.25, -0.2) is 9.97 Å². The van der Waals surface area contributed by atoms with Crippen molar-refractivity contribution in [2.75, 3.05) is 51.5 Å². The molecule has 0 fully saturated rings. The highest BCUT2D eigenvalue weighted by Gasteiger charge is 2.23. The zero-order chi connectivity index (χ0) is 58.7. The summed E-state index contributed by atoms with van der Waals surface area (Å²) >= 11 is 0. The summed E-state index contributed by atoms with van der Waals surface area (Å²) in [6.45, 7) is 3.40. The maximum atomic E-state index is 13.4. The number of rotatable bonds is 23. The van der Waals surface area contributed by atoms with Crippen LogP contribution in [0.4, 0.5) is 34.4 Å². The van der Waals surface area contributed by atoms with E-state index in [-0.39, 0.29) is 96.2 Å². The highest BCUT2D eigenvalue weighted by Crippen LogP contribution is 2.21. The fraction of sp³-hybridized carbons (Fsp3) is 0.283. The Bertz CT molecular complexity index is 3570. The summed E-state index contributed by atoms with van der Waals surface area (Å²) in [6, 6.07) is 12.9. The molecule has 9 N–H and O–H groups in total. The fourth-order valence-corrected chi connectivity index (χ4v) is 8.26. The quantitative estimate of drug-likeness (QED) is 0.0329. The molecule has 28 heteroatoms. The zero-order valence-electron chi connectivity index (χ0n) is 45.6. The van der Waals surface area contributed by atoms with Crippen LogP contribution in [0.5, 0.6) is 0 Å². The molecule has 0 saturated heterocycles. The van der Waals surface area contributed by atoms with Crippen LogP contribution in [0, 0.1) is 0 Å². The molecule has 6 heterocycles. The summed E-state index contributed by atoms with van der Waals surface area (Å²) in [5, 5.41) is 24.1. The van der Waals surface area contributed by atoms with E-state index in [9.17, 15) is 47.9 Å². The van der Waals surface area contributed by atoms with Crippen molar-refractivity contribution in [1.29, 1.82) is 0 Å². The van der Waals surface area contributed by atoms with Crippen molar-refractivity contribution >= 4 is 93.5 Å². The standard InChI is InChI=1S/C53H61N17O11/c1-9-54-44(73)17-31-12-14-32(15-13-31)29-81-45(74)22-56-49(76)38-19-34(24-66(38)4)59-51(78)40-21-35(25-68(40)6)60-50(77)39-18-33(23-67(39)5)58-43(72)11-10-16-55-48(75)37-20-36(26-65(37)3)61-52(79)46-63-42(28-70(46)8)64-53(80)47-62-41(27-69(47)7)57-30(2)71/h12-15,18-21,23-28H,9-11,16-17,22,29H2,1-8H3,(H,54,73)(H,55,75)(H,56,76)(H,57,71)(H,58,72)(H,59,78)(H,60,77)(H,61,79)(H,64,80). The number of hydrogen-bond acceptors (Lipinski definition) is 13. The Kier molecular flexibility index (Phi) is 18.5. The van der Waals surface area contributed by atoms with E-state index in [0.717, 1.165) is 5.56 Å². The smallest absolute Gasteiger partial charge is 0.325 e. The number of benzene rings is 1. The summed E-state index contributed by atoms with van der Waals surface area (Å²) in [5.74, 6) is -4.61. The molecule has 6 aromatic heterocycles. The van der Waals surface area contributed by atoms with E-state index in [1.807, 2.05) is 6.92 Å². The minimum atomic E-state index is -0.665. The summed E-state index contributed by atoms with van der Waals surface area (Å²) in [7, 11) is 9.61. The minimum absolute atomic E-state index is 0.00386. The Morgan fingerprint density at radius 3 is 1.40 bits per heavy atom. The molecule has 0 spiro atoms. The van der Waals surface area contributed by atoms with Crippen molar-refractivity contribution in [3.8, 4) is 0 Å². The first-order valence-corrected chi connectivity index (χ1v) is 25.2. The molecule has 0 aliphatic heterocycles. The lowest BCUT2D eigenvalue weighted by atomic mass is 10.1. The third kappa shape index (κ3) is 15.4. The van der Waals surface area contributed by atoms with Gasteiger partial charge in [0.05, 0.1) is 29.2 Å². The van der Waals surface area contributed by atoms with Gasteiger partial charge in [-0.05, 0) is 48.7 Å². The van der Waals surface area contributed by atoms with E-state index in [2.05, 4.69) is 57.8 Å². The van der Waals surface area contributed by atoms with Gasteiger partial charge in [0.25, 0.3) is 35.4 Å². The van der Waals surface area contributed by atoms with Crippen LogP contribution < -0.4 is 47.9 Å². The fourth-order valence-electron chi connectivity index (χ4n) is 8.26. The highest BCUT2D eigenvalue weighted by atomic mass is 16.5. The largest absolute Gasteiger partial charge is 0.460 e. The van der Waals surface area contributed by atoms with Crippen molar-refractivity contribution in [2.24, 2.45) is 42.3 Å². The van der Waals surface area contributed by atoms with Gasteiger partial charge in [0.1, 0.15) is 35.9 Å². The Hall–Kier alpha value is -10.5. The van der Waals surface area contributed by atoms with Gasteiger partial charge in [-0.3, -0.25) is 47.9 Å². The molecule has 81 heavy (non-hydrogen) atoms. The highest BCUT2D eigenvalue weighted by molar-refractivity contribution is 6.08. The molecule has 0 aliphatic carbocycles. The zero-order valence-corrected chi connectivity index (χ0v) is 45.6. The first kappa shape index (κ1) is 58.1. The second-order valence-electron chi connectivity index (χ2n) is 18.7. The third-order valence-electron chi connectivity index (χ3n) is 12.1. The molecule has 28 nitrogen and oxygen atoms in total. The van der Waals surface area contributed by atoms with E-state index in [1.54, 1.807) is 78.9 Å². The van der Waals surface area contributed by atoms with Gasteiger partial charge in [0, 0.05) is 106 Å². The van der Waals surface area contributed by atoms with Crippen molar-refractivity contribution in [3.63, 3.8) is 0 Å². The number of nitrogens with one attached hydrogen (secondary N) is 9. The van der Waals surface area contributed by atoms with Crippen molar-refractivity contribution in [3.05, 3.63) is 131 Å². The van der Waals surface area contributed by atoms with Gasteiger partial charge < -0.3 is 80.0 Å². The maximum absolute atomic E-state index is 13.4. The topological polar surface area (TPSA) is 344 Å². The van der Waals surface area contributed by atoms with Gasteiger partial charge >= 0.3 is 5.97 Å². The third-order valence-corrected chi connectivity index (χ3v) is 12.1. The van der Waals surface area contributed by atoms with Crippen LogP contribution in [0.25, 0.3) is 0 Å². The monoisotopic (exact) mass is 1110 g/mol. The number of hydrogen-bond donors (Lipinski definition) is 9. The Morgan fingerprint density at radius 2 is 0.901 bits per heavy atom. The second kappa shape index (κ2) is 25.7. The molecule has 7 rings (SSSR count). The maximum Gasteiger partial charge on any atom is 0.325 e. The van der Waals surface area contributed by atoms with Crippen LogP contribution in [0.3, 0.4) is 0 Å². The summed E-state index contributed by atoms with van der Waals surface area (Å²) in [5.41, 5.74) is 3.52. The average molecular weight is 1110 g/mol. The number of imidazole rings is 2. The Balaban J connectivity index is 0.816. The summed E-state index contributed by atoms with van der Waals surface area (Å²) in [4.78, 5) is 136. The normalized spacial score (nSPS) is 10.8. The van der Waals surface area contributed by atoms with Crippen molar-refractivity contribution in [2.45, 2.75) is 39.7 Å². The molecule has 0 saturated carbocycles. The Morgan fingerprint density at radius 1 is 0.469 bits per heavy atom. The first-order valence-electron chi connectivity index (χ1n) is 25.2. The number of aromatic nitrogens is 8. The predicted molar refractivity (Wildman–Crippen MR) is 295 cm³/mol. The number of amides is 9. The molecule has 0 radical (unpaired) electrons. The average Bonchev–Trinajstić information content (AvgIpc) is 4.30. The number of esters is 1. The lowest BCUT2D eigenvalue weighted by Crippen LogP contribution is -2.31. The molecule has 7 aromatic rings. The number of carbonyl (C=O) groups excluding carboxylic acids is 10. The minimum Gasteiger partial charge on any atom is -0.460 e. The predicted octanol–water partition coefficient (Wildman–Crippen LogP) is 2.78. The van der Waals surface area contributed by atoms with Crippen molar-refractivity contribution < 1.29 is 52.7 Å². The number of likely N-dealkylation sites (N-methyl/N-ethyl adjacent to an activating group) is 1. The molecule has 0 atom stereocenters. The van der Waals surface area contributed by atoms with E-state index in [1.165, 1.54) is 83.4 Å². The molecule has 0 unspecified atom stereocenters. The lowest BCUT2D eigenvalue weighted by Gasteiger charge is -2.08. The lowest BCUT2D eigenvalue weighted by molar-refractivity contribution is -0.143. The number of ether oxygens (including phenoxy) is 1. The van der Waals surface area contributed by atoms with E-state index in [0.29, 0.717) is 34.9 Å². The van der Waals surface area contributed by atoms with Gasteiger partial charge in [-0.1, -0.05) is 24.3 Å². The van der Waals surface area contributed by atoms with E-state index < -0.39 is 48.0 Å². The van der Waals surface area contributed by atoms with E-state index >= 15 is 0 Å². The summed E-state index contributed by atoms with van der Waals surface area (Å²) in [6.07, 6.45) is 9.61. The molecular weight excluding hydrogens is 1050 g/mol. The van der Waals surface area contributed by atoms with Crippen LogP contribution in [-0.4, -0.2) is 116 Å². The van der Waals surface area contributed by atoms with Gasteiger partial charge in [-0.15, -0.1) is 0 Å². The van der Waals surface area contributed by atoms with Crippen LogP contribution >= 0.6 is 0 Å². The van der Waals surface area contributed by atoms with Crippen LogP contribution in [0.15, 0.2) is 85.7 Å². The SMILES string of the molecule is CCNC(=O)Cc1ccc(COC(=O)CNC(=O)c2cc(NC(=O)c3cc(NC(=O)c4cc(NC(=O)CCCNC(=O)c5cc(NC(=O)c6nc(NC(=O)c7nc(NC(C)=O)cn7C)cn6C)cn5C)cn4C)cn3C)cn2C)cc1. The van der Waals surface area contributed by atoms with E-state index in [4.69, 9.17) is 4.74 Å². The number of nitrogens with zero attached hydrogens (tertiary/aromatic N) is 8. The van der Waals surface area contributed by atoms with Gasteiger partial charge in [-0.2, -0.15) is 0 Å². The van der Waals surface area contributed by atoms with Crippen LogP contribution in [0.2, 0.25) is 0 Å². The van der Waals surface area contributed by atoms with Crippen LogP contribution in [-0.2, 0) is 79.2 Å². The molecule has 9 amide bonds. The number of aryl methyl sites for hydroxylation is 6. The van der Waals surface area contributed by atoms with Gasteiger partial charge in [0.15, 0.2) is 11.6 Å². The van der Waals surface area contributed by atoms with Gasteiger partial charge in [0.2, 0.25) is 29.4 Å². The number of carbonyl (C=O) groups is 10. The van der Waals surface area contributed by atoms with Crippen molar-refractivity contribution in [1.82, 2.24) is 53.3 Å². The second-order valence-corrected chi connectivity index (χ2v) is 18.7.